The molecule has 0 fully saturated rings. The quantitative estimate of drug-likeness (QED) is 0.785. The van der Waals surface area contributed by atoms with Crippen molar-refractivity contribution in [1.82, 2.24) is 0 Å². The molecule has 1 atom stereocenters. The Bertz CT molecular complexity index is 408. The summed E-state index contributed by atoms with van der Waals surface area (Å²) in [7, 11) is 0. The number of carbonyl (C=O) groups excluding carboxylic acids is 1. The summed E-state index contributed by atoms with van der Waals surface area (Å²) in [4.78, 5) is 12.4. The van der Waals surface area contributed by atoms with E-state index in [1.807, 2.05) is 18.2 Å². The number of carbonyl (C=O) groups is 1. The van der Waals surface area contributed by atoms with Crippen LogP contribution in [0, 0.1) is 0 Å². The summed E-state index contributed by atoms with van der Waals surface area (Å²) in [5, 5.41) is 11.5. The molecule has 0 saturated heterocycles. The van der Waals surface area contributed by atoms with Crippen LogP contribution in [0.2, 0.25) is 0 Å². The summed E-state index contributed by atoms with van der Waals surface area (Å²) in [6.07, 6.45) is -0.441. The molecule has 0 spiro atoms. The average Bonchev–Trinajstić information content (AvgIpc) is 2.28. The van der Waals surface area contributed by atoms with Crippen LogP contribution in [0.5, 0.6) is 5.75 Å². The largest absolute Gasteiger partial charge is 0.479 e. The van der Waals surface area contributed by atoms with Crippen molar-refractivity contribution in [2.24, 2.45) is 0 Å². The predicted molar refractivity (Wildman–Crippen MR) is 63.0 cm³/mol. The van der Waals surface area contributed by atoms with Gasteiger partial charge in [-0.25, -0.2) is 0 Å². The van der Waals surface area contributed by atoms with Gasteiger partial charge in [-0.05, 0) is 25.1 Å². The van der Waals surface area contributed by atoms with E-state index >= 15 is 0 Å². The summed E-state index contributed by atoms with van der Waals surface area (Å²) < 4.78 is 5.43. The summed E-state index contributed by atoms with van der Waals surface area (Å²) in [6, 6.07) is 5.62. The second-order valence-corrected chi connectivity index (χ2v) is 4.65. The van der Waals surface area contributed by atoms with Crippen molar-refractivity contribution in [1.29, 1.82) is 0 Å². The molecule has 1 unspecified atom stereocenters. The highest BCUT2D eigenvalue weighted by atomic mass is 32.2. The van der Waals surface area contributed by atoms with Crippen LogP contribution in [0.25, 0.3) is 0 Å². The number of anilines is 1. The number of ether oxygens (including phenoxy) is 1. The van der Waals surface area contributed by atoms with E-state index in [9.17, 15) is 4.79 Å². The van der Waals surface area contributed by atoms with E-state index in [2.05, 4.69) is 5.32 Å². The zero-order valence-corrected chi connectivity index (χ0v) is 9.71. The Labute approximate surface area is 98.0 Å². The minimum atomic E-state index is -0.441. The molecule has 2 N–H and O–H groups in total. The second-order valence-electron chi connectivity index (χ2n) is 3.48. The number of aliphatic hydroxyl groups is 1. The summed E-state index contributed by atoms with van der Waals surface area (Å²) in [5.41, 5.74) is 0.700. The van der Waals surface area contributed by atoms with E-state index < -0.39 is 6.10 Å². The lowest BCUT2D eigenvalue weighted by Gasteiger charge is -2.23. The number of fused-ring (bicyclic) bond motifs is 1. The molecule has 5 heteroatoms. The van der Waals surface area contributed by atoms with Crippen molar-refractivity contribution in [3.63, 3.8) is 0 Å². The third kappa shape index (κ3) is 2.31. The number of hydrogen-bond acceptors (Lipinski definition) is 4. The van der Waals surface area contributed by atoms with Gasteiger partial charge in [0, 0.05) is 10.6 Å². The Kier molecular flexibility index (Phi) is 3.36. The van der Waals surface area contributed by atoms with Crippen LogP contribution < -0.4 is 10.1 Å². The van der Waals surface area contributed by atoms with Crippen LogP contribution in [0.4, 0.5) is 5.69 Å². The van der Waals surface area contributed by atoms with Gasteiger partial charge in [-0.1, -0.05) is 0 Å². The first-order chi connectivity index (χ1) is 7.70. The maximum atomic E-state index is 11.4. The molecule has 0 aliphatic carbocycles. The Morgan fingerprint density at radius 1 is 1.56 bits per heavy atom. The number of amides is 1. The molecule has 1 heterocycles. The van der Waals surface area contributed by atoms with Gasteiger partial charge in [-0.15, -0.1) is 11.8 Å². The van der Waals surface area contributed by atoms with Gasteiger partial charge in [0.1, 0.15) is 5.75 Å². The Balaban J connectivity index is 2.19. The van der Waals surface area contributed by atoms with E-state index in [4.69, 9.17) is 9.84 Å². The second kappa shape index (κ2) is 4.76. The summed E-state index contributed by atoms with van der Waals surface area (Å²) in [6.45, 7) is 1.86. The van der Waals surface area contributed by atoms with E-state index in [1.165, 1.54) is 11.8 Å². The average molecular weight is 239 g/mol. The lowest BCUT2D eigenvalue weighted by molar-refractivity contribution is -0.122. The summed E-state index contributed by atoms with van der Waals surface area (Å²) in [5.74, 6) is 1.21. The molecule has 0 radical (unpaired) electrons. The van der Waals surface area contributed by atoms with E-state index in [-0.39, 0.29) is 12.5 Å². The first kappa shape index (κ1) is 11.3. The molecule has 1 amide bonds. The molecular weight excluding hydrogens is 226 g/mol. The van der Waals surface area contributed by atoms with Crippen molar-refractivity contribution >= 4 is 23.4 Å². The first-order valence-corrected chi connectivity index (χ1v) is 6.04. The van der Waals surface area contributed by atoms with Crippen LogP contribution in [-0.4, -0.2) is 29.5 Å². The number of thioether (sulfide) groups is 1. The third-order valence-corrected chi connectivity index (χ3v) is 3.22. The molecule has 4 nitrogen and oxygen atoms in total. The van der Waals surface area contributed by atoms with Crippen LogP contribution in [0.1, 0.15) is 6.92 Å². The lowest BCUT2D eigenvalue weighted by Crippen LogP contribution is -2.34. The number of hydrogen-bond donors (Lipinski definition) is 2. The maximum absolute atomic E-state index is 11.4. The molecule has 86 valence electrons. The van der Waals surface area contributed by atoms with E-state index in [0.717, 1.165) is 4.90 Å². The minimum Gasteiger partial charge on any atom is -0.479 e. The van der Waals surface area contributed by atoms with Gasteiger partial charge < -0.3 is 15.2 Å². The number of benzene rings is 1. The molecule has 0 bridgehead atoms. The van der Waals surface area contributed by atoms with Crippen molar-refractivity contribution in [2.45, 2.75) is 17.9 Å². The smallest absolute Gasteiger partial charge is 0.265 e. The van der Waals surface area contributed by atoms with Crippen LogP contribution in [0.15, 0.2) is 23.1 Å². The molecule has 0 aromatic heterocycles. The first-order valence-electron chi connectivity index (χ1n) is 5.06. The van der Waals surface area contributed by atoms with Crippen molar-refractivity contribution in [3.8, 4) is 5.75 Å². The predicted octanol–water partition coefficient (Wildman–Crippen LogP) is 1.49. The number of nitrogens with one attached hydrogen (secondary N) is 1. The standard InChI is InChI=1S/C11H13NO3S/c1-7-11(14)12-9-6-8(16-5-4-13)2-3-10(9)15-7/h2-3,6-7,13H,4-5H2,1H3,(H,12,14). The number of aliphatic hydroxyl groups excluding tert-OH is 1. The van der Waals surface area contributed by atoms with Gasteiger partial charge in [-0.2, -0.15) is 0 Å². The summed E-state index contributed by atoms with van der Waals surface area (Å²) >= 11 is 1.54. The van der Waals surface area contributed by atoms with Gasteiger partial charge in [0.25, 0.3) is 5.91 Å². The molecular formula is C11H13NO3S. The van der Waals surface area contributed by atoms with Gasteiger partial charge in [-0.3, -0.25) is 4.79 Å². The maximum Gasteiger partial charge on any atom is 0.265 e. The molecule has 0 saturated carbocycles. The number of rotatable bonds is 3. The highest BCUT2D eigenvalue weighted by Gasteiger charge is 2.23. The van der Waals surface area contributed by atoms with Crippen molar-refractivity contribution in [3.05, 3.63) is 18.2 Å². The SMILES string of the molecule is CC1Oc2ccc(SCCO)cc2NC1=O. The van der Waals surface area contributed by atoms with E-state index in [0.29, 0.717) is 17.2 Å². The Morgan fingerprint density at radius 3 is 3.12 bits per heavy atom. The van der Waals surface area contributed by atoms with Crippen LogP contribution in [0.3, 0.4) is 0 Å². The zero-order valence-electron chi connectivity index (χ0n) is 8.90. The normalized spacial score (nSPS) is 18.6. The van der Waals surface area contributed by atoms with Crippen LogP contribution >= 0.6 is 11.8 Å². The monoisotopic (exact) mass is 239 g/mol. The third-order valence-electron chi connectivity index (χ3n) is 2.24. The van der Waals surface area contributed by atoms with Gasteiger partial charge >= 0.3 is 0 Å². The minimum absolute atomic E-state index is 0.128. The van der Waals surface area contributed by atoms with Gasteiger partial charge in [0.2, 0.25) is 0 Å². The van der Waals surface area contributed by atoms with Crippen molar-refractivity contribution in [2.75, 3.05) is 17.7 Å². The fourth-order valence-corrected chi connectivity index (χ4v) is 2.13. The molecule has 1 aliphatic heterocycles. The van der Waals surface area contributed by atoms with Gasteiger partial charge in [0.15, 0.2) is 6.10 Å². The highest BCUT2D eigenvalue weighted by molar-refractivity contribution is 7.99. The molecule has 1 aliphatic rings. The van der Waals surface area contributed by atoms with Crippen LogP contribution in [-0.2, 0) is 4.79 Å². The molecule has 16 heavy (non-hydrogen) atoms. The fraction of sp³-hybridized carbons (Fsp3) is 0.364. The molecule has 1 aromatic rings. The van der Waals surface area contributed by atoms with E-state index in [1.54, 1.807) is 6.92 Å². The van der Waals surface area contributed by atoms with Gasteiger partial charge in [0.05, 0.1) is 12.3 Å². The Morgan fingerprint density at radius 2 is 2.38 bits per heavy atom. The topological polar surface area (TPSA) is 58.6 Å². The van der Waals surface area contributed by atoms with Crippen molar-refractivity contribution < 1.29 is 14.6 Å². The Hall–Kier alpha value is -1.20. The fourth-order valence-electron chi connectivity index (χ4n) is 1.44. The molecule has 2 rings (SSSR count). The molecule has 1 aromatic carbocycles. The zero-order chi connectivity index (χ0) is 11.5. The lowest BCUT2D eigenvalue weighted by atomic mass is 10.2. The highest BCUT2D eigenvalue weighted by Crippen LogP contribution is 2.33.